The lowest BCUT2D eigenvalue weighted by atomic mass is 9.67. The summed E-state index contributed by atoms with van der Waals surface area (Å²) in [6.07, 6.45) is 7.02. The van der Waals surface area contributed by atoms with Crippen LogP contribution in [-0.2, 0) is 0 Å². The van der Waals surface area contributed by atoms with Crippen LogP contribution in [0, 0.1) is 12.3 Å². The third kappa shape index (κ3) is 1.88. The van der Waals surface area contributed by atoms with Gasteiger partial charge in [-0.25, -0.2) is 9.97 Å². The van der Waals surface area contributed by atoms with Gasteiger partial charge in [-0.2, -0.15) is 0 Å². The van der Waals surface area contributed by atoms with Gasteiger partial charge in [0.25, 0.3) is 0 Å². The van der Waals surface area contributed by atoms with Crippen molar-refractivity contribution in [3.8, 4) is 0 Å². The lowest BCUT2D eigenvalue weighted by Crippen LogP contribution is -2.36. The molecule has 0 spiro atoms. The van der Waals surface area contributed by atoms with Crippen molar-refractivity contribution in [3.05, 3.63) is 17.3 Å². The molecule has 0 unspecified atom stereocenters. The van der Waals surface area contributed by atoms with Crippen LogP contribution in [0.25, 0.3) is 10.2 Å². The summed E-state index contributed by atoms with van der Waals surface area (Å²) in [5.41, 5.74) is 2.86. The van der Waals surface area contributed by atoms with E-state index in [1.807, 2.05) is 0 Å². The van der Waals surface area contributed by atoms with Crippen LogP contribution in [0.3, 0.4) is 0 Å². The van der Waals surface area contributed by atoms with Gasteiger partial charge in [-0.05, 0) is 42.5 Å². The molecule has 1 aliphatic carbocycles. The van der Waals surface area contributed by atoms with Crippen LogP contribution in [0.5, 0.6) is 0 Å². The van der Waals surface area contributed by atoms with E-state index in [1.165, 1.54) is 35.9 Å². The number of nitrogens with zero attached hydrogens (tertiary/aromatic N) is 2. The Balaban J connectivity index is 1.82. The molecule has 3 rings (SSSR count). The molecule has 2 aromatic heterocycles. The molecule has 1 N–H and O–H groups in total. The maximum atomic E-state index is 4.40. The van der Waals surface area contributed by atoms with Gasteiger partial charge in [0.1, 0.15) is 12.1 Å². The normalized spacial score (nSPS) is 17.7. The highest BCUT2D eigenvalue weighted by Crippen LogP contribution is 2.44. The highest BCUT2D eigenvalue weighted by molar-refractivity contribution is 7.18. The number of aryl methyl sites for hydroxylation is 1. The zero-order valence-electron chi connectivity index (χ0n) is 11.0. The molecular formula is C14H19N3S. The summed E-state index contributed by atoms with van der Waals surface area (Å²) in [5, 5.41) is 5.71. The molecule has 1 aliphatic rings. The molecule has 1 saturated carbocycles. The van der Waals surface area contributed by atoms with Crippen LogP contribution in [0.2, 0.25) is 0 Å². The Kier molecular flexibility index (Phi) is 2.98. The van der Waals surface area contributed by atoms with E-state index in [1.54, 1.807) is 17.7 Å². The number of fused-ring (bicyclic) bond motifs is 1. The van der Waals surface area contributed by atoms with Crippen molar-refractivity contribution in [2.45, 2.75) is 39.5 Å². The van der Waals surface area contributed by atoms with Gasteiger partial charge in [-0.15, -0.1) is 11.3 Å². The van der Waals surface area contributed by atoms with Gasteiger partial charge in [0.05, 0.1) is 10.2 Å². The van der Waals surface area contributed by atoms with E-state index in [0.717, 1.165) is 17.9 Å². The van der Waals surface area contributed by atoms with Gasteiger partial charge in [-0.3, -0.25) is 0 Å². The van der Waals surface area contributed by atoms with Crippen molar-refractivity contribution >= 4 is 27.4 Å². The average molecular weight is 261 g/mol. The minimum Gasteiger partial charge on any atom is -0.368 e. The van der Waals surface area contributed by atoms with Gasteiger partial charge < -0.3 is 5.32 Å². The molecule has 0 radical (unpaired) electrons. The number of anilines is 1. The summed E-state index contributed by atoms with van der Waals surface area (Å²) >= 11 is 1.74. The monoisotopic (exact) mass is 261 g/mol. The lowest BCUT2D eigenvalue weighted by molar-refractivity contribution is 0.145. The first kappa shape index (κ1) is 11.9. The largest absolute Gasteiger partial charge is 0.368 e. The number of nitrogens with one attached hydrogen (secondary N) is 1. The fraction of sp³-hybridized carbons (Fsp3) is 0.571. The Bertz CT molecular complexity index is 552. The highest BCUT2D eigenvalue weighted by atomic mass is 32.1. The van der Waals surface area contributed by atoms with Crippen LogP contribution in [0.4, 0.5) is 5.82 Å². The number of aromatic nitrogens is 2. The third-order valence-corrected chi connectivity index (χ3v) is 5.42. The molecule has 2 aromatic rings. The summed E-state index contributed by atoms with van der Waals surface area (Å²) in [6, 6.07) is 0. The van der Waals surface area contributed by atoms with E-state index in [4.69, 9.17) is 0 Å². The molecule has 0 bridgehead atoms. The van der Waals surface area contributed by atoms with Crippen molar-refractivity contribution in [1.82, 2.24) is 9.97 Å². The fourth-order valence-corrected chi connectivity index (χ4v) is 3.67. The summed E-state index contributed by atoms with van der Waals surface area (Å²) in [5.74, 6) is 1.01. The molecular weight excluding hydrogens is 242 g/mol. The molecule has 0 saturated heterocycles. The second kappa shape index (κ2) is 4.50. The topological polar surface area (TPSA) is 37.8 Å². The molecule has 1 fully saturated rings. The van der Waals surface area contributed by atoms with Crippen molar-refractivity contribution < 1.29 is 0 Å². The van der Waals surface area contributed by atoms with E-state index in [9.17, 15) is 0 Å². The number of thiophene rings is 1. The summed E-state index contributed by atoms with van der Waals surface area (Å²) in [7, 11) is 0. The van der Waals surface area contributed by atoms with Crippen molar-refractivity contribution in [2.75, 3.05) is 11.9 Å². The maximum absolute atomic E-state index is 4.40. The highest BCUT2D eigenvalue weighted by Gasteiger charge is 2.34. The van der Waals surface area contributed by atoms with Gasteiger partial charge in [0, 0.05) is 6.54 Å². The summed E-state index contributed by atoms with van der Waals surface area (Å²) in [6.45, 7) is 5.45. The average Bonchev–Trinajstić information content (AvgIpc) is 2.72. The Morgan fingerprint density at radius 2 is 2.22 bits per heavy atom. The molecule has 4 heteroatoms. The molecule has 3 nitrogen and oxygen atoms in total. The third-order valence-electron chi connectivity index (χ3n) is 4.33. The Labute approximate surface area is 112 Å². The SMILES string of the molecule is CCC1(CNc2ncnc3c(C)csc23)CCC1. The standard InChI is InChI=1S/C14H19N3S/c1-3-14(5-4-6-14)8-15-13-12-11(16-9-17-13)10(2)7-18-12/h7,9H,3-6,8H2,1-2H3,(H,15,16,17). The van der Waals surface area contributed by atoms with Crippen LogP contribution < -0.4 is 5.32 Å². The van der Waals surface area contributed by atoms with E-state index < -0.39 is 0 Å². The van der Waals surface area contributed by atoms with E-state index in [0.29, 0.717) is 5.41 Å². The molecule has 0 amide bonds. The van der Waals surface area contributed by atoms with Gasteiger partial charge >= 0.3 is 0 Å². The number of rotatable bonds is 4. The predicted octanol–water partition coefficient (Wildman–Crippen LogP) is 3.99. The van der Waals surface area contributed by atoms with Crippen LogP contribution in [0.15, 0.2) is 11.7 Å². The second-order valence-corrected chi connectivity index (χ2v) is 6.26. The van der Waals surface area contributed by atoms with Crippen LogP contribution in [0.1, 0.15) is 38.2 Å². The molecule has 2 heterocycles. The minimum absolute atomic E-state index is 0.517. The molecule has 0 atom stereocenters. The van der Waals surface area contributed by atoms with Gasteiger partial charge in [0.2, 0.25) is 0 Å². The van der Waals surface area contributed by atoms with E-state index in [2.05, 4.69) is 34.5 Å². The second-order valence-electron chi connectivity index (χ2n) is 5.38. The Morgan fingerprint density at radius 1 is 1.39 bits per heavy atom. The fourth-order valence-electron chi connectivity index (χ4n) is 2.70. The van der Waals surface area contributed by atoms with E-state index >= 15 is 0 Å². The lowest BCUT2D eigenvalue weighted by Gasteiger charge is -2.41. The summed E-state index contributed by atoms with van der Waals surface area (Å²) in [4.78, 5) is 8.76. The van der Waals surface area contributed by atoms with Crippen LogP contribution >= 0.6 is 11.3 Å². The molecule has 96 valence electrons. The first-order valence-electron chi connectivity index (χ1n) is 6.67. The summed E-state index contributed by atoms with van der Waals surface area (Å²) < 4.78 is 1.19. The van der Waals surface area contributed by atoms with Crippen LogP contribution in [-0.4, -0.2) is 16.5 Å². The number of hydrogen-bond acceptors (Lipinski definition) is 4. The minimum atomic E-state index is 0.517. The van der Waals surface area contributed by atoms with Crippen molar-refractivity contribution in [1.29, 1.82) is 0 Å². The molecule has 0 aromatic carbocycles. The van der Waals surface area contributed by atoms with E-state index in [-0.39, 0.29) is 0 Å². The van der Waals surface area contributed by atoms with Gasteiger partial charge in [0.15, 0.2) is 0 Å². The zero-order valence-corrected chi connectivity index (χ0v) is 11.8. The smallest absolute Gasteiger partial charge is 0.147 e. The van der Waals surface area contributed by atoms with Gasteiger partial charge in [-0.1, -0.05) is 13.3 Å². The predicted molar refractivity (Wildman–Crippen MR) is 77.2 cm³/mol. The number of hydrogen-bond donors (Lipinski definition) is 1. The van der Waals surface area contributed by atoms with Crippen molar-refractivity contribution in [3.63, 3.8) is 0 Å². The Morgan fingerprint density at radius 3 is 2.89 bits per heavy atom. The zero-order chi connectivity index (χ0) is 12.6. The van der Waals surface area contributed by atoms with Crippen molar-refractivity contribution in [2.24, 2.45) is 5.41 Å². The first-order valence-corrected chi connectivity index (χ1v) is 7.55. The molecule has 0 aliphatic heterocycles. The Hall–Kier alpha value is -1.16. The first-order chi connectivity index (χ1) is 8.74. The molecule has 18 heavy (non-hydrogen) atoms. The quantitative estimate of drug-likeness (QED) is 0.904. The maximum Gasteiger partial charge on any atom is 0.147 e.